The number of hydrogen-bond donors (Lipinski definition) is 3. The van der Waals surface area contributed by atoms with Gasteiger partial charge in [0.1, 0.15) is 11.6 Å². The van der Waals surface area contributed by atoms with E-state index in [9.17, 15) is 22.4 Å². The Morgan fingerprint density at radius 2 is 1.84 bits per heavy atom. The third-order valence-electron chi connectivity index (χ3n) is 6.07. The van der Waals surface area contributed by atoms with Crippen LogP contribution in [0.1, 0.15) is 42.9 Å². The number of aromatic nitrogens is 5. The molecule has 3 N–H and O–H groups in total. The standard InChI is InChI=1S/C23H21F4N7O2S/c24-17-6-5-16(36-23(25,26)27)9-14(17)11-19(35)30-22-34-33-21(37-22)29-15-3-1-12(2-4-15)18-10-13-7-8-28-20(13)32-31-18/h5-10,12,15H,1-4,11H2,(H,28,32)(H,29,33)(H,30,34,35). The van der Waals surface area contributed by atoms with E-state index >= 15 is 0 Å². The molecule has 37 heavy (non-hydrogen) atoms. The van der Waals surface area contributed by atoms with Crippen molar-refractivity contribution in [1.82, 2.24) is 25.4 Å². The van der Waals surface area contributed by atoms with Gasteiger partial charge in [0.15, 0.2) is 5.65 Å². The largest absolute Gasteiger partial charge is 0.573 e. The minimum Gasteiger partial charge on any atom is -0.406 e. The maximum atomic E-state index is 14.0. The molecule has 0 aliphatic heterocycles. The summed E-state index contributed by atoms with van der Waals surface area (Å²) in [6.45, 7) is 0. The van der Waals surface area contributed by atoms with Gasteiger partial charge in [-0.1, -0.05) is 11.3 Å². The highest BCUT2D eigenvalue weighted by molar-refractivity contribution is 7.19. The lowest BCUT2D eigenvalue weighted by Crippen LogP contribution is -2.25. The Labute approximate surface area is 211 Å². The predicted molar refractivity (Wildman–Crippen MR) is 128 cm³/mol. The molecule has 1 fully saturated rings. The van der Waals surface area contributed by atoms with E-state index in [1.54, 1.807) is 0 Å². The van der Waals surface area contributed by atoms with E-state index in [1.165, 1.54) is 0 Å². The van der Waals surface area contributed by atoms with Crippen LogP contribution in [0.5, 0.6) is 5.75 Å². The van der Waals surface area contributed by atoms with Gasteiger partial charge in [0, 0.05) is 29.1 Å². The Morgan fingerprint density at radius 3 is 2.62 bits per heavy atom. The number of carbonyl (C=O) groups is 1. The van der Waals surface area contributed by atoms with Gasteiger partial charge in [-0.3, -0.25) is 4.79 Å². The Bertz CT molecular complexity index is 1400. The molecule has 0 unspecified atom stereocenters. The lowest BCUT2D eigenvalue weighted by Gasteiger charge is -2.28. The lowest BCUT2D eigenvalue weighted by molar-refractivity contribution is -0.274. The molecule has 0 saturated heterocycles. The number of anilines is 2. The Kier molecular flexibility index (Phi) is 6.91. The number of amides is 1. The van der Waals surface area contributed by atoms with Crippen molar-refractivity contribution in [3.63, 3.8) is 0 Å². The number of rotatable bonds is 7. The third kappa shape index (κ3) is 6.31. The number of aromatic amines is 1. The summed E-state index contributed by atoms with van der Waals surface area (Å²) in [4.78, 5) is 15.4. The molecule has 3 aromatic heterocycles. The van der Waals surface area contributed by atoms with Crippen LogP contribution in [-0.4, -0.2) is 43.7 Å². The maximum absolute atomic E-state index is 14.0. The first kappa shape index (κ1) is 24.9. The number of halogens is 4. The molecule has 1 saturated carbocycles. The second-order valence-electron chi connectivity index (χ2n) is 8.68. The van der Waals surface area contributed by atoms with Gasteiger partial charge in [-0.05, 0) is 56.0 Å². The zero-order valence-corrected chi connectivity index (χ0v) is 20.0. The normalized spacial score (nSPS) is 18.1. The van der Waals surface area contributed by atoms with E-state index in [0.29, 0.717) is 11.0 Å². The zero-order chi connectivity index (χ0) is 26.0. The van der Waals surface area contributed by atoms with Crippen LogP contribution in [0.4, 0.5) is 27.8 Å². The first-order valence-electron chi connectivity index (χ1n) is 11.5. The highest BCUT2D eigenvalue weighted by atomic mass is 32.1. The fourth-order valence-corrected chi connectivity index (χ4v) is 5.07. The first-order valence-corrected chi connectivity index (χ1v) is 12.3. The topological polar surface area (TPSA) is 118 Å². The molecule has 0 atom stereocenters. The number of nitrogens with zero attached hydrogens (tertiary/aromatic N) is 4. The Morgan fingerprint density at radius 1 is 1.05 bits per heavy atom. The van der Waals surface area contributed by atoms with Gasteiger partial charge in [0.25, 0.3) is 0 Å². The van der Waals surface area contributed by atoms with Crippen LogP contribution in [-0.2, 0) is 11.2 Å². The molecule has 0 bridgehead atoms. The molecule has 1 amide bonds. The second kappa shape index (κ2) is 10.3. The Hall–Kier alpha value is -3.81. The van der Waals surface area contributed by atoms with E-state index < -0.39 is 30.3 Å². The van der Waals surface area contributed by atoms with Gasteiger partial charge < -0.3 is 20.4 Å². The number of nitrogens with one attached hydrogen (secondary N) is 3. The Balaban J connectivity index is 1.12. The van der Waals surface area contributed by atoms with Crippen LogP contribution in [0.2, 0.25) is 0 Å². The quantitative estimate of drug-likeness (QED) is 0.280. The summed E-state index contributed by atoms with van der Waals surface area (Å²) in [5, 5.41) is 24.2. The molecule has 3 heterocycles. The number of alkyl halides is 3. The van der Waals surface area contributed by atoms with E-state index in [4.69, 9.17) is 0 Å². The van der Waals surface area contributed by atoms with Crippen LogP contribution in [0.3, 0.4) is 0 Å². The highest BCUT2D eigenvalue weighted by Gasteiger charge is 2.31. The van der Waals surface area contributed by atoms with Crippen molar-refractivity contribution in [3.8, 4) is 5.75 Å². The van der Waals surface area contributed by atoms with Crippen LogP contribution in [0, 0.1) is 5.82 Å². The van der Waals surface area contributed by atoms with Crippen LogP contribution in [0.25, 0.3) is 11.0 Å². The van der Waals surface area contributed by atoms with Gasteiger partial charge in [-0.15, -0.1) is 28.5 Å². The number of carbonyl (C=O) groups excluding carboxylic acids is 1. The molecule has 1 aliphatic carbocycles. The van der Waals surface area contributed by atoms with Crippen LogP contribution >= 0.6 is 11.3 Å². The van der Waals surface area contributed by atoms with Gasteiger partial charge in [0.2, 0.25) is 16.2 Å². The number of H-pyrrole nitrogens is 1. The van der Waals surface area contributed by atoms with Crippen molar-refractivity contribution in [2.24, 2.45) is 0 Å². The molecule has 194 valence electrons. The predicted octanol–water partition coefficient (Wildman–Crippen LogP) is 5.17. The number of benzene rings is 1. The van der Waals surface area contributed by atoms with Crippen molar-refractivity contribution in [3.05, 3.63) is 53.6 Å². The summed E-state index contributed by atoms with van der Waals surface area (Å²) in [6.07, 6.45) is 0.0950. The summed E-state index contributed by atoms with van der Waals surface area (Å²) < 4.78 is 55.0. The lowest BCUT2D eigenvalue weighted by atomic mass is 9.84. The zero-order valence-electron chi connectivity index (χ0n) is 19.2. The van der Waals surface area contributed by atoms with Crippen molar-refractivity contribution in [2.45, 2.75) is 50.4 Å². The number of hydrogen-bond acceptors (Lipinski definition) is 8. The fraction of sp³-hybridized carbons (Fsp3) is 0.348. The van der Waals surface area contributed by atoms with Crippen molar-refractivity contribution >= 4 is 38.5 Å². The molecular formula is C23H21F4N7O2S. The first-order chi connectivity index (χ1) is 17.7. The molecule has 1 aromatic carbocycles. The molecular weight excluding hydrogens is 514 g/mol. The fourth-order valence-electron chi connectivity index (χ4n) is 4.33. The van der Waals surface area contributed by atoms with Crippen molar-refractivity contribution in [2.75, 3.05) is 10.6 Å². The van der Waals surface area contributed by atoms with E-state index in [2.05, 4.69) is 46.8 Å². The molecule has 4 aromatic rings. The number of fused-ring (bicyclic) bond motifs is 1. The van der Waals surface area contributed by atoms with E-state index in [-0.39, 0.29) is 16.7 Å². The summed E-state index contributed by atoms with van der Waals surface area (Å²) in [5.74, 6) is -1.74. The summed E-state index contributed by atoms with van der Waals surface area (Å²) in [6, 6.07) is 6.73. The molecule has 5 rings (SSSR count). The summed E-state index contributed by atoms with van der Waals surface area (Å²) in [5.41, 5.74) is 1.52. The summed E-state index contributed by atoms with van der Waals surface area (Å²) >= 11 is 1.12. The van der Waals surface area contributed by atoms with Gasteiger partial charge in [0.05, 0.1) is 12.1 Å². The maximum Gasteiger partial charge on any atom is 0.573 e. The smallest absolute Gasteiger partial charge is 0.406 e. The molecule has 9 nitrogen and oxygen atoms in total. The van der Waals surface area contributed by atoms with Gasteiger partial charge in [-0.25, -0.2) is 4.39 Å². The van der Waals surface area contributed by atoms with Crippen LogP contribution in [0.15, 0.2) is 36.5 Å². The second-order valence-corrected chi connectivity index (χ2v) is 9.66. The molecule has 0 spiro atoms. The summed E-state index contributed by atoms with van der Waals surface area (Å²) in [7, 11) is 0. The molecule has 1 aliphatic rings. The van der Waals surface area contributed by atoms with Crippen molar-refractivity contribution in [1.29, 1.82) is 0 Å². The number of ether oxygens (including phenoxy) is 1. The molecule has 0 radical (unpaired) electrons. The van der Waals surface area contributed by atoms with Gasteiger partial charge >= 0.3 is 6.36 Å². The monoisotopic (exact) mass is 535 g/mol. The van der Waals surface area contributed by atoms with Crippen molar-refractivity contribution < 1.29 is 27.1 Å². The third-order valence-corrected chi connectivity index (χ3v) is 6.84. The van der Waals surface area contributed by atoms with Crippen LogP contribution < -0.4 is 15.4 Å². The minimum absolute atomic E-state index is 0.183. The average Bonchev–Trinajstić information content (AvgIpc) is 3.49. The van der Waals surface area contributed by atoms with E-state index in [1.807, 2.05) is 12.3 Å². The minimum atomic E-state index is -4.92. The van der Waals surface area contributed by atoms with E-state index in [0.717, 1.165) is 71.9 Å². The SMILES string of the molecule is O=C(Cc1cc(OC(F)(F)F)ccc1F)Nc1nnc(NC2CCC(c3cc4cc[nH]c4nn3)CC2)s1. The molecule has 14 heteroatoms. The highest BCUT2D eigenvalue weighted by Crippen LogP contribution is 2.34. The average molecular weight is 536 g/mol. The van der Waals surface area contributed by atoms with Gasteiger partial charge in [-0.2, -0.15) is 5.10 Å².